The number of hydrogen-bond donors (Lipinski definition) is 4. The standard InChI is InChI=1S/C11H17N7O/c1-3-12-8(19)6-14-9-7-5-15-18-10(7)17-11(16-9)13-4-2/h5H,3-4,6H2,1-2H3,(H,12,19)(H3,13,14,15,16,17,18). The van der Waals surface area contributed by atoms with E-state index in [1.807, 2.05) is 13.8 Å². The monoisotopic (exact) mass is 263 g/mol. The number of nitrogens with zero attached hydrogens (tertiary/aromatic N) is 3. The second-order valence-corrected chi connectivity index (χ2v) is 3.87. The predicted octanol–water partition coefficient (Wildman–Crippen LogP) is 0.333. The van der Waals surface area contributed by atoms with Gasteiger partial charge in [0.25, 0.3) is 0 Å². The summed E-state index contributed by atoms with van der Waals surface area (Å²) in [5.41, 5.74) is 0.629. The molecule has 2 aromatic heterocycles. The zero-order chi connectivity index (χ0) is 13.7. The zero-order valence-electron chi connectivity index (χ0n) is 10.9. The molecular weight excluding hydrogens is 246 g/mol. The van der Waals surface area contributed by atoms with Gasteiger partial charge in [0.05, 0.1) is 18.1 Å². The van der Waals surface area contributed by atoms with Crippen LogP contribution in [0.3, 0.4) is 0 Å². The number of hydrogen-bond acceptors (Lipinski definition) is 6. The molecule has 0 spiro atoms. The van der Waals surface area contributed by atoms with Crippen LogP contribution in [0.2, 0.25) is 0 Å². The Morgan fingerprint density at radius 3 is 2.84 bits per heavy atom. The number of aromatic amines is 1. The van der Waals surface area contributed by atoms with Crippen LogP contribution in [-0.2, 0) is 4.79 Å². The molecule has 2 heterocycles. The van der Waals surface area contributed by atoms with Crippen LogP contribution in [0.5, 0.6) is 0 Å². The molecule has 0 aliphatic heterocycles. The number of amides is 1. The number of H-pyrrole nitrogens is 1. The first kappa shape index (κ1) is 13.1. The van der Waals surface area contributed by atoms with E-state index >= 15 is 0 Å². The number of anilines is 2. The van der Waals surface area contributed by atoms with Gasteiger partial charge in [0.15, 0.2) is 5.65 Å². The summed E-state index contributed by atoms with van der Waals surface area (Å²) in [6.45, 7) is 5.32. The Balaban J connectivity index is 2.19. The van der Waals surface area contributed by atoms with Gasteiger partial charge in [0.2, 0.25) is 11.9 Å². The van der Waals surface area contributed by atoms with Crippen LogP contribution >= 0.6 is 0 Å². The lowest BCUT2D eigenvalue weighted by atomic mass is 10.4. The molecule has 1 amide bonds. The number of aromatic nitrogens is 4. The van der Waals surface area contributed by atoms with Crippen molar-refractivity contribution in [2.45, 2.75) is 13.8 Å². The number of rotatable bonds is 6. The molecular formula is C11H17N7O. The van der Waals surface area contributed by atoms with Crippen molar-refractivity contribution in [1.82, 2.24) is 25.5 Å². The lowest BCUT2D eigenvalue weighted by molar-refractivity contribution is -0.119. The van der Waals surface area contributed by atoms with Gasteiger partial charge >= 0.3 is 0 Å². The summed E-state index contributed by atoms with van der Waals surface area (Å²) in [5, 5.41) is 16.2. The van der Waals surface area contributed by atoms with Gasteiger partial charge in [0, 0.05) is 13.1 Å². The van der Waals surface area contributed by atoms with Crippen molar-refractivity contribution >= 4 is 28.7 Å². The quantitative estimate of drug-likeness (QED) is 0.598. The third-order valence-corrected chi connectivity index (χ3v) is 2.43. The number of likely N-dealkylation sites (N-methyl/N-ethyl adjacent to an activating group) is 1. The first-order chi connectivity index (χ1) is 9.24. The summed E-state index contributed by atoms with van der Waals surface area (Å²) in [4.78, 5) is 20.0. The lowest BCUT2D eigenvalue weighted by Gasteiger charge is -2.08. The molecule has 4 N–H and O–H groups in total. The van der Waals surface area contributed by atoms with E-state index in [1.165, 1.54) is 0 Å². The molecule has 0 aliphatic carbocycles. The summed E-state index contributed by atoms with van der Waals surface area (Å²) >= 11 is 0. The zero-order valence-corrected chi connectivity index (χ0v) is 10.9. The van der Waals surface area contributed by atoms with E-state index in [2.05, 4.69) is 36.1 Å². The molecule has 8 nitrogen and oxygen atoms in total. The van der Waals surface area contributed by atoms with Crippen LogP contribution in [0.15, 0.2) is 6.20 Å². The van der Waals surface area contributed by atoms with Crippen molar-refractivity contribution in [3.63, 3.8) is 0 Å². The molecule has 0 bridgehead atoms. The molecule has 8 heteroatoms. The molecule has 0 fully saturated rings. The summed E-state index contributed by atoms with van der Waals surface area (Å²) in [6, 6.07) is 0. The summed E-state index contributed by atoms with van der Waals surface area (Å²) < 4.78 is 0. The van der Waals surface area contributed by atoms with Crippen molar-refractivity contribution in [2.24, 2.45) is 0 Å². The maximum absolute atomic E-state index is 11.4. The average molecular weight is 263 g/mol. The third kappa shape index (κ3) is 3.09. The number of carbonyl (C=O) groups excluding carboxylic acids is 1. The fraction of sp³-hybridized carbons (Fsp3) is 0.455. The lowest BCUT2D eigenvalue weighted by Crippen LogP contribution is -2.29. The molecule has 0 radical (unpaired) electrons. The Morgan fingerprint density at radius 1 is 1.26 bits per heavy atom. The minimum atomic E-state index is -0.0808. The molecule has 0 atom stereocenters. The van der Waals surface area contributed by atoms with Crippen molar-refractivity contribution in [3.05, 3.63) is 6.20 Å². The molecule has 2 aromatic rings. The van der Waals surface area contributed by atoms with Gasteiger partial charge in [-0.3, -0.25) is 9.89 Å². The normalized spacial score (nSPS) is 10.4. The largest absolute Gasteiger partial charge is 0.360 e. The predicted molar refractivity (Wildman–Crippen MR) is 73.0 cm³/mol. The van der Waals surface area contributed by atoms with Crippen LogP contribution in [0.4, 0.5) is 11.8 Å². The maximum atomic E-state index is 11.4. The fourth-order valence-electron chi connectivity index (χ4n) is 1.63. The van der Waals surface area contributed by atoms with E-state index < -0.39 is 0 Å². The van der Waals surface area contributed by atoms with Crippen molar-refractivity contribution in [1.29, 1.82) is 0 Å². The first-order valence-corrected chi connectivity index (χ1v) is 6.20. The Bertz CT molecular complexity index is 565. The highest BCUT2D eigenvalue weighted by Gasteiger charge is 2.10. The second-order valence-electron chi connectivity index (χ2n) is 3.87. The van der Waals surface area contributed by atoms with E-state index in [1.54, 1.807) is 6.20 Å². The number of nitrogens with one attached hydrogen (secondary N) is 4. The average Bonchev–Trinajstić information content (AvgIpc) is 2.85. The van der Waals surface area contributed by atoms with Crippen LogP contribution in [0.25, 0.3) is 11.0 Å². The van der Waals surface area contributed by atoms with Gasteiger partial charge in [-0.05, 0) is 13.8 Å². The van der Waals surface area contributed by atoms with E-state index in [4.69, 9.17) is 0 Å². The molecule has 102 valence electrons. The molecule has 0 aliphatic rings. The minimum absolute atomic E-state index is 0.0808. The minimum Gasteiger partial charge on any atom is -0.360 e. The smallest absolute Gasteiger partial charge is 0.239 e. The highest BCUT2D eigenvalue weighted by molar-refractivity contribution is 5.89. The van der Waals surface area contributed by atoms with Gasteiger partial charge < -0.3 is 16.0 Å². The summed E-state index contributed by atoms with van der Waals surface area (Å²) in [5.74, 6) is 1.00. The molecule has 19 heavy (non-hydrogen) atoms. The Kier molecular flexibility index (Phi) is 4.11. The number of fused-ring (bicyclic) bond motifs is 1. The van der Waals surface area contributed by atoms with E-state index in [0.29, 0.717) is 24.0 Å². The van der Waals surface area contributed by atoms with E-state index in [-0.39, 0.29) is 12.5 Å². The van der Waals surface area contributed by atoms with Gasteiger partial charge in [-0.1, -0.05) is 0 Å². The van der Waals surface area contributed by atoms with Crippen molar-refractivity contribution in [2.75, 3.05) is 30.3 Å². The molecule has 0 saturated heterocycles. The summed E-state index contributed by atoms with van der Waals surface area (Å²) in [6.07, 6.45) is 1.63. The van der Waals surface area contributed by atoms with Gasteiger partial charge in [-0.15, -0.1) is 0 Å². The Morgan fingerprint density at radius 2 is 2.11 bits per heavy atom. The van der Waals surface area contributed by atoms with Crippen LogP contribution in [0.1, 0.15) is 13.8 Å². The van der Waals surface area contributed by atoms with Gasteiger partial charge in [-0.25, -0.2) is 0 Å². The topological polar surface area (TPSA) is 108 Å². The maximum Gasteiger partial charge on any atom is 0.239 e. The van der Waals surface area contributed by atoms with Crippen LogP contribution < -0.4 is 16.0 Å². The van der Waals surface area contributed by atoms with Crippen LogP contribution in [-0.4, -0.2) is 45.7 Å². The highest BCUT2D eigenvalue weighted by Crippen LogP contribution is 2.19. The fourth-order valence-corrected chi connectivity index (χ4v) is 1.63. The van der Waals surface area contributed by atoms with Gasteiger partial charge in [0.1, 0.15) is 5.82 Å². The molecule has 0 unspecified atom stereocenters. The molecule has 0 aromatic carbocycles. The SMILES string of the molecule is CCNC(=O)CNc1nc(NCC)nc2[nH]ncc12. The molecule has 2 rings (SSSR count). The van der Waals surface area contributed by atoms with Crippen molar-refractivity contribution in [3.8, 4) is 0 Å². The highest BCUT2D eigenvalue weighted by atomic mass is 16.1. The Hall–Kier alpha value is -2.38. The summed E-state index contributed by atoms with van der Waals surface area (Å²) in [7, 11) is 0. The van der Waals surface area contributed by atoms with E-state index in [9.17, 15) is 4.79 Å². The third-order valence-electron chi connectivity index (χ3n) is 2.43. The van der Waals surface area contributed by atoms with Gasteiger partial charge in [-0.2, -0.15) is 15.1 Å². The van der Waals surface area contributed by atoms with E-state index in [0.717, 1.165) is 11.9 Å². The Labute approximate surface area is 110 Å². The second kappa shape index (κ2) is 5.98. The van der Waals surface area contributed by atoms with Crippen molar-refractivity contribution < 1.29 is 4.79 Å². The number of carbonyl (C=O) groups is 1. The molecule has 0 saturated carbocycles. The first-order valence-electron chi connectivity index (χ1n) is 6.20. The van der Waals surface area contributed by atoms with Crippen LogP contribution in [0, 0.1) is 0 Å².